The number of benzene rings is 1. The standard InChI is InChI=1S/C17H16N2O3S2/c1-11(16-18-13-5-3-4-6-14(13)24-16)19(2)15(20)9-22-17(21)12-7-8-23-10-12/h3-8,10-11H,9H2,1-2H3/t11-/m0/s1. The van der Waals surface area contributed by atoms with Crippen molar-refractivity contribution < 1.29 is 14.3 Å². The van der Waals surface area contributed by atoms with Crippen LogP contribution in [0.2, 0.25) is 0 Å². The molecule has 0 saturated heterocycles. The van der Waals surface area contributed by atoms with Crippen molar-refractivity contribution in [1.29, 1.82) is 0 Å². The molecule has 3 aromatic rings. The fourth-order valence-corrected chi connectivity index (χ4v) is 3.83. The minimum Gasteiger partial charge on any atom is -0.452 e. The molecule has 0 unspecified atom stereocenters. The van der Waals surface area contributed by atoms with Crippen LogP contribution in [0.3, 0.4) is 0 Å². The molecule has 0 saturated carbocycles. The molecular formula is C17H16N2O3S2. The fourth-order valence-electron chi connectivity index (χ4n) is 2.14. The number of thiazole rings is 1. The number of thiophene rings is 1. The topological polar surface area (TPSA) is 59.5 Å². The van der Waals surface area contributed by atoms with Gasteiger partial charge in [-0.25, -0.2) is 9.78 Å². The average Bonchev–Trinajstić information content (AvgIpc) is 3.26. The van der Waals surface area contributed by atoms with Gasteiger partial charge in [-0.1, -0.05) is 12.1 Å². The van der Waals surface area contributed by atoms with Gasteiger partial charge >= 0.3 is 5.97 Å². The maximum absolute atomic E-state index is 12.3. The minimum absolute atomic E-state index is 0.185. The molecule has 124 valence electrons. The first-order valence-electron chi connectivity index (χ1n) is 7.36. The summed E-state index contributed by atoms with van der Waals surface area (Å²) < 4.78 is 6.16. The van der Waals surface area contributed by atoms with Gasteiger partial charge < -0.3 is 9.64 Å². The van der Waals surface area contributed by atoms with E-state index < -0.39 is 5.97 Å². The molecule has 0 radical (unpaired) electrons. The molecule has 0 fully saturated rings. The van der Waals surface area contributed by atoms with Crippen LogP contribution in [0, 0.1) is 0 Å². The summed E-state index contributed by atoms with van der Waals surface area (Å²) in [6, 6.07) is 9.35. The normalized spacial score (nSPS) is 12.1. The molecule has 1 aromatic carbocycles. The number of carbonyl (C=O) groups excluding carboxylic acids is 2. The Labute approximate surface area is 147 Å². The molecule has 0 N–H and O–H groups in total. The van der Waals surface area contributed by atoms with Crippen LogP contribution in [-0.2, 0) is 9.53 Å². The second-order valence-corrected chi connectivity index (χ2v) is 7.13. The molecule has 2 aromatic heterocycles. The van der Waals surface area contributed by atoms with Gasteiger partial charge in [0.15, 0.2) is 6.61 Å². The molecule has 1 atom stereocenters. The van der Waals surface area contributed by atoms with Crippen LogP contribution in [0.1, 0.15) is 28.3 Å². The number of ether oxygens (including phenoxy) is 1. The van der Waals surface area contributed by atoms with Crippen molar-refractivity contribution in [2.75, 3.05) is 13.7 Å². The first-order valence-corrected chi connectivity index (χ1v) is 9.12. The predicted octanol–water partition coefficient (Wildman–Crippen LogP) is 3.73. The lowest BCUT2D eigenvalue weighted by atomic mass is 10.3. The van der Waals surface area contributed by atoms with Crippen molar-refractivity contribution in [2.24, 2.45) is 0 Å². The third-order valence-electron chi connectivity index (χ3n) is 3.73. The summed E-state index contributed by atoms with van der Waals surface area (Å²) in [5, 5.41) is 4.34. The number of likely N-dealkylation sites (N-methyl/N-ethyl adjacent to an activating group) is 1. The summed E-state index contributed by atoms with van der Waals surface area (Å²) >= 11 is 2.97. The van der Waals surface area contributed by atoms with E-state index in [1.807, 2.05) is 31.2 Å². The maximum Gasteiger partial charge on any atom is 0.339 e. The molecule has 1 amide bonds. The summed E-state index contributed by atoms with van der Waals surface area (Å²) in [6.45, 7) is 1.64. The van der Waals surface area contributed by atoms with Gasteiger partial charge in [0.2, 0.25) is 0 Å². The highest BCUT2D eigenvalue weighted by Crippen LogP contribution is 2.28. The number of nitrogens with zero attached hydrogens (tertiary/aromatic N) is 2. The van der Waals surface area contributed by atoms with E-state index in [1.54, 1.807) is 40.1 Å². The Hall–Kier alpha value is -2.25. The Morgan fingerprint density at radius 1 is 1.29 bits per heavy atom. The van der Waals surface area contributed by atoms with E-state index in [9.17, 15) is 9.59 Å². The lowest BCUT2D eigenvalue weighted by molar-refractivity contribution is -0.135. The smallest absolute Gasteiger partial charge is 0.339 e. The number of fused-ring (bicyclic) bond motifs is 1. The Kier molecular flexibility index (Phi) is 4.92. The Morgan fingerprint density at radius 2 is 2.08 bits per heavy atom. The number of carbonyl (C=O) groups is 2. The van der Waals surface area contributed by atoms with Gasteiger partial charge in [-0.3, -0.25) is 4.79 Å². The third kappa shape index (κ3) is 3.47. The number of aromatic nitrogens is 1. The second kappa shape index (κ2) is 7.11. The van der Waals surface area contributed by atoms with E-state index in [0.717, 1.165) is 15.2 Å². The number of rotatable bonds is 5. The summed E-state index contributed by atoms with van der Waals surface area (Å²) in [6.07, 6.45) is 0. The van der Waals surface area contributed by atoms with Crippen LogP contribution in [0.25, 0.3) is 10.2 Å². The number of hydrogen-bond donors (Lipinski definition) is 0. The molecule has 0 aliphatic rings. The van der Waals surface area contributed by atoms with Crippen LogP contribution in [0.5, 0.6) is 0 Å². The first kappa shape index (κ1) is 16.6. The lowest BCUT2D eigenvalue weighted by Gasteiger charge is -2.23. The molecule has 7 heteroatoms. The number of hydrogen-bond acceptors (Lipinski definition) is 6. The van der Waals surface area contributed by atoms with Gasteiger partial charge in [0.05, 0.1) is 21.8 Å². The highest BCUT2D eigenvalue weighted by Gasteiger charge is 2.22. The van der Waals surface area contributed by atoms with Gasteiger partial charge in [0, 0.05) is 12.4 Å². The summed E-state index contributed by atoms with van der Waals surface area (Å²) in [5.74, 6) is -0.740. The number of amides is 1. The molecule has 0 aliphatic carbocycles. The molecule has 5 nitrogen and oxygen atoms in total. The Morgan fingerprint density at radius 3 is 2.79 bits per heavy atom. The van der Waals surface area contributed by atoms with Crippen molar-refractivity contribution in [2.45, 2.75) is 13.0 Å². The zero-order valence-corrected chi connectivity index (χ0v) is 14.9. The van der Waals surface area contributed by atoms with E-state index in [0.29, 0.717) is 5.56 Å². The average molecular weight is 360 g/mol. The van der Waals surface area contributed by atoms with E-state index in [4.69, 9.17) is 4.74 Å². The fraction of sp³-hybridized carbons (Fsp3) is 0.235. The van der Waals surface area contributed by atoms with E-state index in [-0.39, 0.29) is 18.6 Å². The zero-order valence-electron chi connectivity index (χ0n) is 13.3. The maximum atomic E-state index is 12.3. The van der Waals surface area contributed by atoms with Crippen LogP contribution in [-0.4, -0.2) is 35.4 Å². The van der Waals surface area contributed by atoms with Crippen molar-refractivity contribution in [3.63, 3.8) is 0 Å². The lowest BCUT2D eigenvalue weighted by Crippen LogP contribution is -2.33. The largest absolute Gasteiger partial charge is 0.452 e. The molecule has 24 heavy (non-hydrogen) atoms. The van der Waals surface area contributed by atoms with E-state index in [1.165, 1.54) is 11.3 Å². The van der Waals surface area contributed by atoms with Gasteiger partial charge in [-0.15, -0.1) is 11.3 Å². The second-order valence-electron chi connectivity index (χ2n) is 5.29. The van der Waals surface area contributed by atoms with Gasteiger partial charge in [-0.05, 0) is 30.5 Å². The van der Waals surface area contributed by atoms with Crippen molar-refractivity contribution in [3.05, 3.63) is 51.7 Å². The molecule has 2 heterocycles. The monoisotopic (exact) mass is 360 g/mol. The highest BCUT2D eigenvalue weighted by molar-refractivity contribution is 7.18. The van der Waals surface area contributed by atoms with Gasteiger partial charge in [-0.2, -0.15) is 11.3 Å². The SMILES string of the molecule is C[C@@H](c1nc2ccccc2s1)N(C)C(=O)COC(=O)c1ccsc1. The third-order valence-corrected chi connectivity index (χ3v) is 5.62. The molecular weight excluding hydrogens is 344 g/mol. The van der Waals surface area contributed by atoms with E-state index in [2.05, 4.69) is 4.98 Å². The number of esters is 1. The summed E-state index contributed by atoms with van der Waals surface area (Å²) in [7, 11) is 1.69. The molecule has 0 bridgehead atoms. The van der Waals surface area contributed by atoms with Crippen molar-refractivity contribution in [1.82, 2.24) is 9.88 Å². The summed E-state index contributed by atoms with van der Waals surface area (Å²) in [5.41, 5.74) is 1.39. The van der Waals surface area contributed by atoms with Crippen LogP contribution in [0.15, 0.2) is 41.1 Å². The van der Waals surface area contributed by atoms with Crippen molar-refractivity contribution >= 4 is 44.8 Å². The van der Waals surface area contributed by atoms with Gasteiger partial charge in [0.25, 0.3) is 5.91 Å². The molecule has 0 spiro atoms. The zero-order chi connectivity index (χ0) is 17.1. The summed E-state index contributed by atoms with van der Waals surface area (Å²) in [4.78, 5) is 30.2. The quantitative estimate of drug-likeness (QED) is 0.651. The van der Waals surface area contributed by atoms with Crippen molar-refractivity contribution in [3.8, 4) is 0 Å². The van der Waals surface area contributed by atoms with Gasteiger partial charge in [0.1, 0.15) is 5.01 Å². The minimum atomic E-state index is -0.481. The number of para-hydroxylation sites is 1. The van der Waals surface area contributed by atoms with Crippen LogP contribution >= 0.6 is 22.7 Å². The molecule has 0 aliphatic heterocycles. The Bertz CT molecular complexity index is 825. The van der Waals surface area contributed by atoms with E-state index >= 15 is 0 Å². The predicted molar refractivity (Wildman–Crippen MR) is 95.4 cm³/mol. The first-order chi connectivity index (χ1) is 11.6. The Balaban J connectivity index is 1.63. The van der Waals surface area contributed by atoms with Crippen LogP contribution in [0.4, 0.5) is 0 Å². The molecule has 3 rings (SSSR count). The highest BCUT2D eigenvalue weighted by atomic mass is 32.1. The van der Waals surface area contributed by atoms with Crippen LogP contribution < -0.4 is 0 Å².